The van der Waals surface area contributed by atoms with Crippen LogP contribution in [0.4, 0.5) is 0 Å². The molecule has 5 rings (SSSR count). The maximum Gasteiger partial charge on any atom is 0.0749 e. The van der Waals surface area contributed by atoms with E-state index in [-0.39, 0.29) is 11.5 Å². The monoisotopic (exact) mass is 279 g/mol. The molecule has 0 spiro atoms. The van der Waals surface area contributed by atoms with Crippen LogP contribution in [0, 0.1) is 23.2 Å². The highest BCUT2D eigenvalue weighted by Crippen LogP contribution is 2.61. The Morgan fingerprint density at radius 3 is 2.00 bits per heavy atom. The van der Waals surface area contributed by atoms with Gasteiger partial charge in [-0.2, -0.15) is 0 Å². The summed E-state index contributed by atoms with van der Waals surface area (Å²) in [6.45, 7) is 5.89. The summed E-state index contributed by atoms with van der Waals surface area (Å²) in [6, 6.07) is 0.301. The predicted molar refractivity (Wildman–Crippen MR) is 78.5 cm³/mol. The van der Waals surface area contributed by atoms with Crippen molar-refractivity contribution in [1.29, 1.82) is 0 Å². The molecule has 114 valence electrons. The number of aliphatic hydroxyl groups is 1. The first-order chi connectivity index (χ1) is 9.66. The molecule has 3 nitrogen and oxygen atoms in total. The lowest BCUT2D eigenvalue weighted by Crippen LogP contribution is -2.58. The summed E-state index contributed by atoms with van der Waals surface area (Å²) in [6.07, 6.45) is 8.14. The number of ether oxygens (including phenoxy) is 1. The lowest BCUT2D eigenvalue weighted by Gasteiger charge is -2.59. The Labute approximate surface area is 122 Å². The molecule has 1 aliphatic heterocycles. The van der Waals surface area contributed by atoms with E-state index in [1.807, 2.05) is 0 Å². The van der Waals surface area contributed by atoms with E-state index < -0.39 is 0 Å². The van der Waals surface area contributed by atoms with Crippen molar-refractivity contribution in [3.05, 3.63) is 0 Å². The molecule has 0 aromatic rings. The first-order valence-electron chi connectivity index (χ1n) is 8.66. The zero-order chi connectivity index (χ0) is 13.7. The van der Waals surface area contributed by atoms with Crippen molar-refractivity contribution < 1.29 is 9.84 Å². The molecule has 0 aromatic carbocycles. The van der Waals surface area contributed by atoms with Gasteiger partial charge in [-0.25, -0.2) is 0 Å². The highest BCUT2D eigenvalue weighted by atomic mass is 16.5. The van der Waals surface area contributed by atoms with Crippen molar-refractivity contribution in [2.75, 3.05) is 26.3 Å². The fourth-order valence-corrected chi connectivity index (χ4v) is 6.24. The van der Waals surface area contributed by atoms with Gasteiger partial charge < -0.3 is 9.84 Å². The van der Waals surface area contributed by atoms with E-state index in [1.165, 1.54) is 38.5 Å². The second-order valence-electron chi connectivity index (χ2n) is 8.11. The van der Waals surface area contributed by atoms with Crippen molar-refractivity contribution in [3.8, 4) is 0 Å². The van der Waals surface area contributed by atoms with E-state index in [2.05, 4.69) is 11.8 Å². The van der Waals surface area contributed by atoms with Gasteiger partial charge in [-0.3, -0.25) is 4.90 Å². The SMILES string of the molecule is CC(C(O)C12CC3CC(CC(C3)C1)C2)N1CCOCC1. The molecule has 0 aromatic heterocycles. The number of nitrogens with zero attached hydrogens (tertiary/aromatic N) is 1. The quantitative estimate of drug-likeness (QED) is 0.860. The lowest BCUT2D eigenvalue weighted by atomic mass is 9.47. The summed E-state index contributed by atoms with van der Waals surface area (Å²) in [5, 5.41) is 11.2. The molecule has 2 unspecified atom stereocenters. The van der Waals surface area contributed by atoms with Gasteiger partial charge in [0.05, 0.1) is 19.3 Å². The van der Waals surface area contributed by atoms with Crippen molar-refractivity contribution in [2.45, 2.75) is 57.6 Å². The first-order valence-corrected chi connectivity index (χ1v) is 8.66. The third-order valence-electron chi connectivity index (χ3n) is 6.79. The van der Waals surface area contributed by atoms with Crippen LogP contribution in [0.25, 0.3) is 0 Å². The zero-order valence-corrected chi connectivity index (χ0v) is 12.8. The van der Waals surface area contributed by atoms with Crippen molar-refractivity contribution >= 4 is 0 Å². The number of hydrogen-bond acceptors (Lipinski definition) is 3. The van der Waals surface area contributed by atoms with Crippen molar-refractivity contribution in [2.24, 2.45) is 23.2 Å². The van der Waals surface area contributed by atoms with Crippen LogP contribution in [0.2, 0.25) is 0 Å². The largest absolute Gasteiger partial charge is 0.391 e. The fraction of sp³-hybridized carbons (Fsp3) is 1.00. The molecular formula is C17H29NO2. The van der Waals surface area contributed by atoms with Crippen LogP contribution in [0.1, 0.15) is 45.4 Å². The lowest BCUT2D eigenvalue weighted by molar-refractivity contribution is -0.146. The molecular weight excluding hydrogens is 250 g/mol. The molecule has 0 amide bonds. The molecule has 4 saturated carbocycles. The molecule has 5 fully saturated rings. The van der Waals surface area contributed by atoms with E-state index in [0.29, 0.717) is 6.04 Å². The fourth-order valence-electron chi connectivity index (χ4n) is 6.24. The minimum absolute atomic E-state index is 0.131. The smallest absolute Gasteiger partial charge is 0.0749 e. The third-order valence-corrected chi connectivity index (χ3v) is 6.79. The average molecular weight is 279 g/mol. The van der Waals surface area contributed by atoms with E-state index >= 15 is 0 Å². The summed E-state index contributed by atoms with van der Waals surface area (Å²) in [5.74, 6) is 2.77. The maximum absolute atomic E-state index is 11.2. The second kappa shape index (κ2) is 4.96. The Morgan fingerprint density at radius 1 is 1.00 bits per heavy atom. The van der Waals surface area contributed by atoms with Gasteiger partial charge in [-0.15, -0.1) is 0 Å². The predicted octanol–water partition coefficient (Wildman–Crippen LogP) is 2.28. The van der Waals surface area contributed by atoms with Gasteiger partial charge in [-0.1, -0.05) is 0 Å². The van der Waals surface area contributed by atoms with Crippen molar-refractivity contribution in [1.82, 2.24) is 4.90 Å². The van der Waals surface area contributed by atoms with Gasteiger partial charge in [0.15, 0.2) is 0 Å². The van der Waals surface area contributed by atoms with Crippen LogP contribution in [0.15, 0.2) is 0 Å². The maximum atomic E-state index is 11.2. The molecule has 3 heteroatoms. The van der Waals surface area contributed by atoms with Crippen LogP contribution in [0.5, 0.6) is 0 Å². The normalized spacial score (nSPS) is 47.4. The molecule has 5 aliphatic rings. The Morgan fingerprint density at radius 2 is 1.50 bits per heavy atom. The van der Waals surface area contributed by atoms with E-state index in [4.69, 9.17) is 4.74 Å². The van der Waals surface area contributed by atoms with Gasteiger partial charge in [0.2, 0.25) is 0 Å². The number of hydrogen-bond donors (Lipinski definition) is 1. The van der Waals surface area contributed by atoms with Crippen molar-refractivity contribution in [3.63, 3.8) is 0 Å². The molecule has 1 saturated heterocycles. The number of rotatable bonds is 3. The molecule has 2 atom stereocenters. The molecule has 0 radical (unpaired) electrons. The molecule has 4 bridgehead atoms. The first kappa shape index (κ1) is 13.5. The minimum atomic E-state index is -0.131. The summed E-state index contributed by atoms with van der Waals surface area (Å²) < 4.78 is 5.46. The summed E-state index contributed by atoms with van der Waals surface area (Å²) in [7, 11) is 0. The van der Waals surface area contributed by atoms with Crippen LogP contribution >= 0.6 is 0 Å². The highest BCUT2D eigenvalue weighted by Gasteiger charge is 2.55. The minimum Gasteiger partial charge on any atom is -0.391 e. The highest BCUT2D eigenvalue weighted by molar-refractivity contribution is 5.06. The van der Waals surface area contributed by atoms with Gasteiger partial charge in [0, 0.05) is 19.1 Å². The molecule has 1 heterocycles. The Kier molecular flexibility index (Phi) is 3.36. The Hall–Kier alpha value is -0.120. The van der Waals surface area contributed by atoms with E-state index in [9.17, 15) is 5.11 Å². The third kappa shape index (κ3) is 2.13. The van der Waals surface area contributed by atoms with Gasteiger partial charge in [-0.05, 0) is 68.6 Å². The molecule has 20 heavy (non-hydrogen) atoms. The van der Waals surface area contributed by atoms with Crippen LogP contribution in [-0.2, 0) is 4.74 Å². The zero-order valence-electron chi connectivity index (χ0n) is 12.8. The van der Waals surface area contributed by atoms with Gasteiger partial charge in [0.25, 0.3) is 0 Å². The Balaban J connectivity index is 1.51. The molecule has 4 aliphatic carbocycles. The Bertz CT molecular complexity index is 329. The van der Waals surface area contributed by atoms with Gasteiger partial charge in [0.1, 0.15) is 0 Å². The standard InChI is InChI=1S/C17H29NO2/c1-12(18-2-4-20-5-3-18)16(19)17-9-13-6-14(10-17)8-15(7-13)11-17/h12-16,19H,2-11H2,1H3. The van der Waals surface area contributed by atoms with E-state index in [1.54, 1.807) is 0 Å². The van der Waals surface area contributed by atoms with Crippen LogP contribution in [-0.4, -0.2) is 48.5 Å². The molecule has 1 N–H and O–H groups in total. The van der Waals surface area contributed by atoms with Gasteiger partial charge >= 0.3 is 0 Å². The van der Waals surface area contributed by atoms with E-state index in [0.717, 1.165) is 44.1 Å². The number of aliphatic hydroxyl groups excluding tert-OH is 1. The summed E-state index contributed by atoms with van der Waals surface area (Å²) in [4.78, 5) is 2.45. The summed E-state index contributed by atoms with van der Waals surface area (Å²) >= 11 is 0. The average Bonchev–Trinajstić information content (AvgIpc) is 2.45. The van der Waals surface area contributed by atoms with Crippen LogP contribution < -0.4 is 0 Å². The van der Waals surface area contributed by atoms with Crippen LogP contribution in [0.3, 0.4) is 0 Å². The second-order valence-corrected chi connectivity index (χ2v) is 8.11. The topological polar surface area (TPSA) is 32.7 Å². The number of morpholine rings is 1. The summed E-state index contributed by atoms with van der Waals surface area (Å²) in [5.41, 5.74) is 0.256.